The van der Waals surface area contributed by atoms with Crippen molar-refractivity contribution in [3.05, 3.63) is 58.6 Å². The zero-order valence-electron chi connectivity index (χ0n) is 21.7. The van der Waals surface area contributed by atoms with E-state index in [0.717, 1.165) is 49.5 Å². The van der Waals surface area contributed by atoms with Gasteiger partial charge >= 0.3 is 6.03 Å². The number of nitrogens with zero attached hydrogens (tertiary/aromatic N) is 2. The van der Waals surface area contributed by atoms with Crippen LogP contribution in [0.15, 0.2) is 42.5 Å². The van der Waals surface area contributed by atoms with Crippen molar-refractivity contribution in [3.8, 4) is 5.75 Å². The van der Waals surface area contributed by atoms with Gasteiger partial charge in [-0.2, -0.15) is 0 Å². The number of hydrogen-bond donors (Lipinski definition) is 1. The summed E-state index contributed by atoms with van der Waals surface area (Å²) in [6.07, 6.45) is 4.57. The Morgan fingerprint density at radius 1 is 1.06 bits per heavy atom. The maximum atomic E-state index is 13.2. The molecule has 36 heavy (non-hydrogen) atoms. The van der Waals surface area contributed by atoms with E-state index in [1.54, 1.807) is 14.0 Å². The van der Waals surface area contributed by atoms with Crippen molar-refractivity contribution in [2.45, 2.75) is 57.3 Å². The van der Waals surface area contributed by atoms with E-state index in [4.69, 9.17) is 16.3 Å². The topological polar surface area (TPSA) is 61.9 Å². The number of benzene rings is 2. The lowest BCUT2D eigenvalue weighted by atomic mass is 9.70. The van der Waals surface area contributed by atoms with E-state index in [-0.39, 0.29) is 11.8 Å². The fourth-order valence-electron chi connectivity index (χ4n) is 5.82. The number of methoxy groups -OCH3 is 1. The smallest absolute Gasteiger partial charge is 0.321 e. The highest BCUT2D eigenvalue weighted by molar-refractivity contribution is 6.30. The Kier molecular flexibility index (Phi) is 8.58. The molecule has 0 radical (unpaired) electrons. The minimum absolute atomic E-state index is 0.128. The number of amides is 2. The average Bonchev–Trinajstić information content (AvgIpc) is 2.89. The molecule has 194 valence electrons. The Hall–Kier alpha value is -2.57. The van der Waals surface area contributed by atoms with Crippen molar-refractivity contribution in [2.75, 3.05) is 45.2 Å². The van der Waals surface area contributed by atoms with E-state index in [1.165, 1.54) is 12.0 Å². The van der Waals surface area contributed by atoms with Gasteiger partial charge in [0.1, 0.15) is 11.5 Å². The Morgan fingerprint density at radius 3 is 2.31 bits per heavy atom. The number of ether oxygens (including phenoxy) is 1. The maximum absolute atomic E-state index is 13.2. The van der Waals surface area contributed by atoms with Crippen LogP contribution in [-0.4, -0.2) is 61.4 Å². The second-order valence-electron chi connectivity index (χ2n) is 10.1. The van der Waals surface area contributed by atoms with E-state index in [1.807, 2.05) is 41.3 Å². The van der Waals surface area contributed by atoms with Crippen LogP contribution >= 0.6 is 11.6 Å². The number of halogens is 1. The van der Waals surface area contributed by atoms with Crippen molar-refractivity contribution in [2.24, 2.45) is 0 Å². The molecule has 0 spiro atoms. The summed E-state index contributed by atoms with van der Waals surface area (Å²) in [6.45, 7) is 8.25. The number of ketones is 1. The number of piperidine rings is 2. The van der Waals surface area contributed by atoms with Gasteiger partial charge in [0, 0.05) is 23.8 Å². The molecule has 2 aromatic carbocycles. The number of likely N-dealkylation sites (tertiary alicyclic amines) is 2. The lowest BCUT2D eigenvalue weighted by Gasteiger charge is -2.40. The Bertz CT molecular complexity index is 1060. The molecule has 4 rings (SSSR count). The van der Waals surface area contributed by atoms with Crippen LogP contribution in [0.2, 0.25) is 5.02 Å². The van der Waals surface area contributed by atoms with Crippen LogP contribution < -0.4 is 10.1 Å². The molecule has 2 fully saturated rings. The predicted octanol–water partition coefficient (Wildman–Crippen LogP) is 6.09. The fraction of sp³-hybridized carbons (Fsp3) is 0.517. The SMILES string of the molecule is CCCN1CCC(c2cc(NC(=O)N3CCC(C(C)=O)(c4ccc(Cl)cc4)CC3)ccc2OC)CC1. The first kappa shape index (κ1) is 26.5. The van der Waals surface area contributed by atoms with Crippen molar-refractivity contribution >= 4 is 29.1 Å². The molecular formula is C29H38ClN3O3. The third-order valence-electron chi connectivity index (χ3n) is 8.02. The van der Waals surface area contributed by atoms with Crippen LogP contribution in [0.4, 0.5) is 10.5 Å². The Morgan fingerprint density at radius 2 is 1.72 bits per heavy atom. The number of hydrogen-bond acceptors (Lipinski definition) is 4. The van der Waals surface area contributed by atoms with Gasteiger partial charge in [0.05, 0.1) is 12.5 Å². The molecule has 0 atom stereocenters. The summed E-state index contributed by atoms with van der Waals surface area (Å²) < 4.78 is 5.67. The number of nitrogens with one attached hydrogen (secondary N) is 1. The van der Waals surface area contributed by atoms with E-state index in [0.29, 0.717) is 36.9 Å². The lowest BCUT2D eigenvalue weighted by molar-refractivity contribution is -0.124. The molecular weight excluding hydrogens is 474 g/mol. The largest absolute Gasteiger partial charge is 0.496 e. The number of anilines is 1. The molecule has 2 aliphatic rings. The zero-order chi connectivity index (χ0) is 25.7. The first-order chi connectivity index (χ1) is 17.4. The third kappa shape index (κ3) is 5.70. The van der Waals surface area contributed by atoms with Crippen LogP contribution in [-0.2, 0) is 10.2 Å². The molecule has 0 aliphatic carbocycles. The summed E-state index contributed by atoms with van der Waals surface area (Å²) in [7, 11) is 1.71. The Balaban J connectivity index is 1.42. The van der Waals surface area contributed by atoms with Crippen LogP contribution in [0.1, 0.15) is 63.0 Å². The highest BCUT2D eigenvalue weighted by atomic mass is 35.5. The highest BCUT2D eigenvalue weighted by Crippen LogP contribution is 2.38. The van der Waals surface area contributed by atoms with Gasteiger partial charge in [-0.1, -0.05) is 30.7 Å². The Labute approximate surface area is 219 Å². The van der Waals surface area contributed by atoms with E-state index < -0.39 is 5.41 Å². The third-order valence-corrected chi connectivity index (χ3v) is 8.28. The van der Waals surface area contributed by atoms with Gasteiger partial charge in [-0.05, 0) is 106 Å². The molecule has 7 heteroatoms. The highest BCUT2D eigenvalue weighted by Gasteiger charge is 2.41. The van der Waals surface area contributed by atoms with Crippen LogP contribution in [0, 0.1) is 0 Å². The molecule has 0 bridgehead atoms. The molecule has 6 nitrogen and oxygen atoms in total. The quantitative estimate of drug-likeness (QED) is 0.488. The molecule has 0 saturated carbocycles. The average molecular weight is 512 g/mol. The van der Waals surface area contributed by atoms with E-state index >= 15 is 0 Å². The summed E-state index contributed by atoms with van der Waals surface area (Å²) >= 11 is 6.06. The monoisotopic (exact) mass is 511 g/mol. The van der Waals surface area contributed by atoms with Crippen molar-refractivity contribution in [3.63, 3.8) is 0 Å². The minimum atomic E-state index is -0.568. The molecule has 1 N–H and O–H groups in total. The van der Waals surface area contributed by atoms with Crippen LogP contribution in [0.25, 0.3) is 0 Å². The van der Waals surface area contributed by atoms with E-state index in [9.17, 15) is 9.59 Å². The number of carbonyl (C=O) groups excluding carboxylic acids is 2. The normalized spacial score (nSPS) is 18.6. The van der Waals surface area contributed by atoms with Gasteiger partial charge < -0.3 is 19.9 Å². The van der Waals surface area contributed by atoms with Crippen LogP contribution in [0.3, 0.4) is 0 Å². The summed E-state index contributed by atoms with van der Waals surface area (Å²) in [6, 6.07) is 13.3. The van der Waals surface area contributed by atoms with Crippen molar-refractivity contribution in [1.82, 2.24) is 9.80 Å². The van der Waals surface area contributed by atoms with Gasteiger partial charge in [0.2, 0.25) is 0 Å². The first-order valence-electron chi connectivity index (χ1n) is 13.1. The predicted molar refractivity (Wildman–Crippen MR) is 145 cm³/mol. The molecule has 2 aliphatic heterocycles. The second-order valence-corrected chi connectivity index (χ2v) is 10.6. The standard InChI is InChI=1S/C29H38ClN3O3/c1-4-15-32-16-11-22(12-17-32)26-20-25(9-10-27(26)36-3)31-28(35)33-18-13-29(14-19-33,21(2)34)23-5-7-24(30)8-6-23/h5-10,20,22H,4,11-19H2,1-3H3,(H,31,35). The van der Waals surface area contributed by atoms with Crippen molar-refractivity contribution < 1.29 is 14.3 Å². The van der Waals surface area contributed by atoms with Gasteiger partial charge in [-0.25, -0.2) is 4.79 Å². The molecule has 2 saturated heterocycles. The molecule has 0 unspecified atom stereocenters. The summed E-state index contributed by atoms with van der Waals surface area (Å²) in [5, 5.41) is 3.75. The molecule has 0 aromatic heterocycles. The zero-order valence-corrected chi connectivity index (χ0v) is 22.4. The summed E-state index contributed by atoms with van der Waals surface area (Å²) in [5.41, 5.74) is 2.36. The number of rotatable bonds is 7. The van der Waals surface area contributed by atoms with Crippen molar-refractivity contribution in [1.29, 1.82) is 0 Å². The maximum Gasteiger partial charge on any atom is 0.321 e. The van der Waals surface area contributed by atoms with Gasteiger partial charge in [0.15, 0.2) is 0 Å². The van der Waals surface area contributed by atoms with Gasteiger partial charge in [-0.3, -0.25) is 4.79 Å². The van der Waals surface area contributed by atoms with E-state index in [2.05, 4.69) is 23.2 Å². The molecule has 2 amide bonds. The van der Waals surface area contributed by atoms with Gasteiger partial charge in [-0.15, -0.1) is 0 Å². The number of urea groups is 1. The lowest BCUT2D eigenvalue weighted by Crippen LogP contribution is -2.49. The first-order valence-corrected chi connectivity index (χ1v) is 13.5. The number of Topliss-reactive ketones (excluding diaryl/α,β-unsaturated/α-hetero) is 1. The number of carbonyl (C=O) groups is 2. The second kappa shape index (κ2) is 11.7. The summed E-state index contributed by atoms with van der Waals surface area (Å²) in [4.78, 5) is 30.2. The molecule has 2 heterocycles. The fourth-order valence-corrected chi connectivity index (χ4v) is 5.95. The molecule has 2 aromatic rings. The minimum Gasteiger partial charge on any atom is -0.496 e. The van der Waals surface area contributed by atoms with Gasteiger partial charge in [0.25, 0.3) is 0 Å². The summed E-state index contributed by atoms with van der Waals surface area (Å²) in [5.74, 6) is 1.44. The van der Waals surface area contributed by atoms with Crippen LogP contribution in [0.5, 0.6) is 5.75 Å².